The average molecular weight is 397 g/mol. The van der Waals surface area contributed by atoms with Crippen LogP contribution in [0.25, 0.3) is 0 Å². The molecule has 10 heteroatoms. The third-order valence-corrected chi connectivity index (χ3v) is 5.67. The fourth-order valence-corrected chi connectivity index (χ4v) is 4.03. The molecule has 1 heterocycles. The van der Waals surface area contributed by atoms with E-state index in [-0.39, 0.29) is 23.9 Å². The molecule has 0 aliphatic heterocycles. The minimum Gasteiger partial charge on any atom is -0.476 e. The molecule has 0 radical (unpaired) electrons. The molecule has 1 aromatic carbocycles. The lowest BCUT2D eigenvalue weighted by molar-refractivity contribution is 0.0690. The van der Waals surface area contributed by atoms with E-state index in [0.29, 0.717) is 29.1 Å². The molecular formula is C16H19N3O5S2. The maximum atomic E-state index is 12.2. The van der Waals surface area contributed by atoms with Crippen LogP contribution >= 0.6 is 11.3 Å². The van der Waals surface area contributed by atoms with E-state index in [9.17, 15) is 18.0 Å². The van der Waals surface area contributed by atoms with Gasteiger partial charge < -0.3 is 10.4 Å². The maximum Gasteiger partial charge on any atom is 0.355 e. The highest BCUT2D eigenvalue weighted by atomic mass is 32.2. The number of thiazole rings is 1. The van der Waals surface area contributed by atoms with Crippen molar-refractivity contribution in [3.05, 3.63) is 45.9 Å². The van der Waals surface area contributed by atoms with Crippen LogP contribution in [0.15, 0.2) is 29.6 Å². The van der Waals surface area contributed by atoms with E-state index < -0.39 is 16.0 Å². The Kier molecular flexibility index (Phi) is 6.70. The number of carboxylic acid groups (broad SMARTS) is 1. The van der Waals surface area contributed by atoms with Gasteiger partial charge in [0.25, 0.3) is 5.91 Å². The van der Waals surface area contributed by atoms with Crippen LogP contribution in [0.1, 0.15) is 39.2 Å². The smallest absolute Gasteiger partial charge is 0.355 e. The van der Waals surface area contributed by atoms with Crippen molar-refractivity contribution in [2.24, 2.45) is 0 Å². The number of nitrogens with one attached hydrogen (secondary N) is 2. The van der Waals surface area contributed by atoms with E-state index in [1.807, 2.05) is 0 Å². The van der Waals surface area contributed by atoms with Crippen molar-refractivity contribution in [1.29, 1.82) is 0 Å². The molecule has 0 aliphatic carbocycles. The quantitative estimate of drug-likeness (QED) is 0.594. The molecule has 0 atom stereocenters. The van der Waals surface area contributed by atoms with E-state index in [0.717, 1.165) is 0 Å². The van der Waals surface area contributed by atoms with Crippen LogP contribution in [0.4, 0.5) is 5.69 Å². The molecule has 0 aliphatic rings. The molecule has 140 valence electrons. The molecule has 0 bridgehead atoms. The van der Waals surface area contributed by atoms with E-state index in [4.69, 9.17) is 5.11 Å². The Morgan fingerprint density at radius 2 is 2.08 bits per heavy atom. The molecule has 2 aromatic rings. The molecule has 1 amide bonds. The van der Waals surface area contributed by atoms with Crippen molar-refractivity contribution in [3.8, 4) is 0 Å². The molecule has 3 N–H and O–H groups in total. The molecule has 0 fully saturated rings. The molecule has 0 saturated heterocycles. The summed E-state index contributed by atoms with van der Waals surface area (Å²) in [6.45, 7) is 2.06. The summed E-state index contributed by atoms with van der Waals surface area (Å²) < 4.78 is 26.0. The Bertz CT molecular complexity index is 893. The number of carbonyl (C=O) groups excluding carboxylic acids is 1. The van der Waals surface area contributed by atoms with Crippen molar-refractivity contribution < 1.29 is 23.1 Å². The van der Waals surface area contributed by atoms with Gasteiger partial charge in [0.1, 0.15) is 0 Å². The van der Waals surface area contributed by atoms with Gasteiger partial charge in [-0.3, -0.25) is 9.52 Å². The number of carbonyl (C=O) groups is 2. The molecule has 2 rings (SSSR count). The highest BCUT2D eigenvalue weighted by molar-refractivity contribution is 7.92. The number of hydrogen-bond donors (Lipinski definition) is 3. The third-order valence-electron chi connectivity index (χ3n) is 3.27. The fourth-order valence-electron chi connectivity index (χ4n) is 2.13. The molecule has 0 spiro atoms. The minimum absolute atomic E-state index is 0.00949. The number of sulfonamides is 1. The van der Waals surface area contributed by atoms with Crippen molar-refractivity contribution in [3.63, 3.8) is 0 Å². The van der Waals surface area contributed by atoms with Gasteiger partial charge in [0.2, 0.25) is 10.0 Å². The summed E-state index contributed by atoms with van der Waals surface area (Å²) in [7, 11) is -3.42. The van der Waals surface area contributed by atoms with Gasteiger partial charge in [-0.15, -0.1) is 11.3 Å². The minimum atomic E-state index is -3.42. The Hall–Kier alpha value is -2.46. The van der Waals surface area contributed by atoms with Crippen molar-refractivity contribution in [2.75, 3.05) is 17.0 Å². The SMILES string of the molecule is CCCS(=O)(=O)Nc1cccc(C(=O)NCCc2nc(C(=O)O)cs2)c1. The highest BCUT2D eigenvalue weighted by Crippen LogP contribution is 2.13. The second-order valence-corrected chi connectivity index (χ2v) is 8.22. The molecule has 0 saturated carbocycles. The van der Waals surface area contributed by atoms with Crippen LogP contribution in [0, 0.1) is 0 Å². The summed E-state index contributed by atoms with van der Waals surface area (Å²) in [5.41, 5.74) is 0.646. The summed E-state index contributed by atoms with van der Waals surface area (Å²) in [6, 6.07) is 6.22. The molecular weight excluding hydrogens is 378 g/mol. The average Bonchev–Trinajstić information content (AvgIpc) is 3.03. The lowest BCUT2D eigenvalue weighted by Crippen LogP contribution is -2.26. The number of aromatic nitrogens is 1. The van der Waals surface area contributed by atoms with Crippen molar-refractivity contribution >= 4 is 38.9 Å². The van der Waals surface area contributed by atoms with Gasteiger partial charge in [-0.1, -0.05) is 13.0 Å². The zero-order valence-electron chi connectivity index (χ0n) is 14.1. The first kappa shape index (κ1) is 19.9. The normalized spacial score (nSPS) is 11.1. The Balaban J connectivity index is 1.92. The number of amides is 1. The van der Waals surface area contributed by atoms with Crippen LogP contribution in [0.5, 0.6) is 0 Å². The summed E-state index contributed by atoms with van der Waals surface area (Å²) in [6.07, 6.45) is 0.905. The van der Waals surface area contributed by atoms with Gasteiger partial charge in [-0.25, -0.2) is 18.2 Å². The first-order chi connectivity index (χ1) is 12.3. The lowest BCUT2D eigenvalue weighted by Gasteiger charge is -2.09. The summed E-state index contributed by atoms with van der Waals surface area (Å²) in [4.78, 5) is 26.9. The number of benzene rings is 1. The van der Waals surface area contributed by atoms with Gasteiger partial charge >= 0.3 is 5.97 Å². The molecule has 1 aromatic heterocycles. The molecule has 0 unspecified atom stereocenters. The summed E-state index contributed by atoms with van der Waals surface area (Å²) in [5.74, 6) is -1.43. The Labute approximate surface area is 155 Å². The van der Waals surface area contributed by atoms with Crippen LogP contribution in [-0.4, -0.2) is 42.7 Å². The van der Waals surface area contributed by atoms with Gasteiger partial charge in [0, 0.05) is 29.6 Å². The van der Waals surface area contributed by atoms with Crippen molar-refractivity contribution in [2.45, 2.75) is 19.8 Å². The zero-order chi connectivity index (χ0) is 19.2. The number of hydrogen-bond acceptors (Lipinski definition) is 6. The first-order valence-electron chi connectivity index (χ1n) is 7.87. The number of anilines is 1. The summed E-state index contributed by atoms with van der Waals surface area (Å²) >= 11 is 1.22. The Morgan fingerprint density at radius 1 is 1.31 bits per heavy atom. The van der Waals surface area contributed by atoms with E-state index >= 15 is 0 Å². The standard InChI is InChI=1S/C16H19N3O5S2/c1-2-8-26(23,24)19-12-5-3-4-11(9-12)15(20)17-7-6-14-18-13(10-25-14)16(21)22/h3-5,9-10,19H,2,6-8H2,1H3,(H,17,20)(H,21,22). The Morgan fingerprint density at radius 3 is 2.73 bits per heavy atom. The van der Waals surface area contributed by atoms with E-state index in [1.165, 1.54) is 22.8 Å². The third kappa shape index (κ3) is 5.81. The van der Waals surface area contributed by atoms with Gasteiger partial charge in [0.05, 0.1) is 10.8 Å². The summed E-state index contributed by atoms with van der Waals surface area (Å²) in [5, 5.41) is 13.6. The highest BCUT2D eigenvalue weighted by Gasteiger charge is 2.12. The van der Waals surface area contributed by atoms with Gasteiger partial charge in [-0.05, 0) is 24.6 Å². The van der Waals surface area contributed by atoms with Gasteiger partial charge in [0.15, 0.2) is 5.69 Å². The zero-order valence-corrected chi connectivity index (χ0v) is 15.7. The number of aromatic carboxylic acids is 1. The predicted octanol–water partition coefficient (Wildman–Crippen LogP) is 1.97. The van der Waals surface area contributed by atoms with Crippen molar-refractivity contribution in [1.82, 2.24) is 10.3 Å². The van der Waals surface area contributed by atoms with Crippen LogP contribution < -0.4 is 10.0 Å². The largest absolute Gasteiger partial charge is 0.476 e. The van der Waals surface area contributed by atoms with Crippen LogP contribution in [0.2, 0.25) is 0 Å². The van der Waals surface area contributed by atoms with Crippen LogP contribution in [-0.2, 0) is 16.4 Å². The van der Waals surface area contributed by atoms with Gasteiger partial charge in [-0.2, -0.15) is 0 Å². The van der Waals surface area contributed by atoms with Crippen LogP contribution in [0.3, 0.4) is 0 Å². The molecule has 26 heavy (non-hydrogen) atoms. The number of rotatable bonds is 9. The van der Waals surface area contributed by atoms with E-state index in [2.05, 4.69) is 15.0 Å². The predicted molar refractivity (Wildman–Crippen MR) is 99.3 cm³/mol. The molecule has 8 nitrogen and oxygen atoms in total. The monoisotopic (exact) mass is 397 g/mol. The topological polar surface area (TPSA) is 125 Å². The second-order valence-electron chi connectivity index (χ2n) is 5.44. The maximum absolute atomic E-state index is 12.2. The van der Waals surface area contributed by atoms with E-state index in [1.54, 1.807) is 25.1 Å². The second kappa shape index (κ2) is 8.77. The first-order valence-corrected chi connectivity index (χ1v) is 10.4. The number of nitrogens with zero attached hydrogens (tertiary/aromatic N) is 1. The lowest BCUT2D eigenvalue weighted by atomic mass is 10.2. The fraction of sp³-hybridized carbons (Fsp3) is 0.312. The number of carboxylic acids is 1.